The van der Waals surface area contributed by atoms with Crippen LogP contribution in [0.3, 0.4) is 0 Å². The van der Waals surface area contributed by atoms with Crippen LogP contribution in [-0.2, 0) is 11.3 Å². The number of fused-ring (bicyclic) bond motifs is 1. The predicted octanol–water partition coefficient (Wildman–Crippen LogP) is 2.12. The minimum atomic E-state index is 0.220. The van der Waals surface area contributed by atoms with Crippen molar-refractivity contribution in [1.29, 1.82) is 0 Å². The van der Waals surface area contributed by atoms with Gasteiger partial charge in [-0.25, -0.2) is 4.98 Å². The average molecular weight is 289 g/mol. The average Bonchev–Trinajstić information content (AvgIpc) is 2.92. The van der Waals surface area contributed by atoms with Gasteiger partial charge in [0.05, 0.1) is 0 Å². The molecule has 1 aromatic carbocycles. The second kappa shape index (κ2) is 5.84. The highest BCUT2D eigenvalue weighted by molar-refractivity contribution is 5.48. The molecule has 7 nitrogen and oxygen atoms in total. The zero-order chi connectivity index (χ0) is 14.7. The van der Waals surface area contributed by atoms with Crippen LogP contribution in [0.5, 0.6) is 23.1 Å². The first-order valence-corrected chi connectivity index (χ1v) is 6.53. The molecule has 21 heavy (non-hydrogen) atoms. The van der Waals surface area contributed by atoms with Crippen LogP contribution in [0, 0.1) is 0 Å². The molecule has 0 amide bonds. The van der Waals surface area contributed by atoms with Gasteiger partial charge in [-0.05, 0) is 19.1 Å². The lowest BCUT2D eigenvalue weighted by Gasteiger charge is -2.08. The smallest absolute Gasteiger partial charge is 0.231 e. The van der Waals surface area contributed by atoms with Crippen molar-refractivity contribution in [2.75, 3.05) is 19.1 Å². The van der Waals surface area contributed by atoms with Crippen LogP contribution in [0.25, 0.3) is 0 Å². The lowest BCUT2D eigenvalue weighted by atomic mass is 10.3. The summed E-state index contributed by atoms with van der Waals surface area (Å²) in [6.07, 6.45) is 0. The van der Waals surface area contributed by atoms with E-state index in [9.17, 15) is 0 Å². The Bertz CT molecular complexity index is 648. The molecule has 1 aliphatic heterocycles. The molecule has 110 valence electrons. The van der Waals surface area contributed by atoms with Crippen LogP contribution < -0.4 is 19.9 Å². The topological polar surface area (TPSA) is 88.7 Å². The van der Waals surface area contributed by atoms with E-state index in [0.717, 1.165) is 0 Å². The first-order chi connectivity index (χ1) is 10.2. The molecule has 0 unspecified atom stereocenters. The van der Waals surface area contributed by atoms with Gasteiger partial charge in [0.1, 0.15) is 18.2 Å². The predicted molar refractivity (Wildman–Crippen MR) is 74.4 cm³/mol. The number of hydrogen-bond donors (Lipinski definition) is 1. The molecule has 0 aliphatic carbocycles. The van der Waals surface area contributed by atoms with Gasteiger partial charge in [0.2, 0.25) is 12.7 Å². The Hall–Kier alpha value is -2.54. The van der Waals surface area contributed by atoms with Crippen molar-refractivity contribution in [2.45, 2.75) is 13.5 Å². The van der Waals surface area contributed by atoms with Crippen molar-refractivity contribution in [3.63, 3.8) is 0 Å². The van der Waals surface area contributed by atoms with Crippen LogP contribution in [0.15, 0.2) is 24.3 Å². The van der Waals surface area contributed by atoms with E-state index in [1.165, 1.54) is 0 Å². The van der Waals surface area contributed by atoms with Crippen molar-refractivity contribution >= 4 is 5.82 Å². The van der Waals surface area contributed by atoms with E-state index in [-0.39, 0.29) is 6.79 Å². The van der Waals surface area contributed by atoms with E-state index < -0.39 is 0 Å². The fourth-order valence-electron chi connectivity index (χ4n) is 1.86. The molecule has 2 aromatic rings. The van der Waals surface area contributed by atoms with Crippen molar-refractivity contribution < 1.29 is 18.9 Å². The summed E-state index contributed by atoms with van der Waals surface area (Å²) in [5.74, 6) is 3.09. The molecule has 0 radical (unpaired) electrons. The minimum absolute atomic E-state index is 0.220. The summed E-state index contributed by atoms with van der Waals surface area (Å²) < 4.78 is 21.5. The third-order valence-electron chi connectivity index (χ3n) is 2.77. The quantitative estimate of drug-likeness (QED) is 0.901. The summed E-state index contributed by atoms with van der Waals surface area (Å²) in [7, 11) is 0. The molecule has 7 heteroatoms. The normalized spacial score (nSPS) is 12.4. The number of rotatable bonds is 5. The van der Waals surface area contributed by atoms with Gasteiger partial charge in [-0.1, -0.05) is 0 Å². The Morgan fingerprint density at radius 3 is 2.90 bits per heavy atom. The molecule has 0 bridgehead atoms. The first-order valence-electron chi connectivity index (χ1n) is 6.53. The summed E-state index contributed by atoms with van der Waals surface area (Å²) in [4.78, 5) is 8.34. The van der Waals surface area contributed by atoms with E-state index in [1.54, 1.807) is 24.3 Å². The molecule has 1 aromatic heterocycles. The van der Waals surface area contributed by atoms with E-state index in [1.807, 2.05) is 6.92 Å². The van der Waals surface area contributed by atoms with Gasteiger partial charge < -0.3 is 24.7 Å². The first kappa shape index (κ1) is 13.4. The monoisotopic (exact) mass is 289 g/mol. The maximum atomic E-state index is 5.74. The minimum Gasteiger partial charge on any atom is -0.454 e. The number of anilines is 1. The molecule has 0 saturated heterocycles. The Kier molecular flexibility index (Phi) is 3.74. The highest BCUT2D eigenvalue weighted by Gasteiger charge is 2.14. The number of benzene rings is 1. The summed E-state index contributed by atoms with van der Waals surface area (Å²) in [5, 5.41) is 0. The maximum Gasteiger partial charge on any atom is 0.231 e. The lowest BCUT2D eigenvalue weighted by Crippen LogP contribution is -2.03. The van der Waals surface area contributed by atoms with Crippen molar-refractivity contribution in [3.05, 3.63) is 30.1 Å². The zero-order valence-corrected chi connectivity index (χ0v) is 11.5. The fourth-order valence-corrected chi connectivity index (χ4v) is 1.86. The largest absolute Gasteiger partial charge is 0.454 e. The number of ether oxygens (including phenoxy) is 4. The van der Waals surface area contributed by atoms with Gasteiger partial charge in [-0.15, -0.1) is 0 Å². The summed E-state index contributed by atoms with van der Waals surface area (Å²) >= 11 is 0. The SMILES string of the molecule is CCOCc1nc(N)cc(Oc2ccc3c(c2)OCO3)n1. The number of nitrogens with two attached hydrogens (primary N) is 1. The fraction of sp³-hybridized carbons (Fsp3) is 0.286. The van der Waals surface area contributed by atoms with Gasteiger partial charge in [-0.3, -0.25) is 0 Å². The number of nitrogen functional groups attached to an aromatic ring is 1. The number of nitrogens with zero attached hydrogens (tertiary/aromatic N) is 2. The molecular formula is C14H15N3O4. The molecule has 0 spiro atoms. The number of aromatic nitrogens is 2. The molecule has 3 rings (SSSR count). The highest BCUT2D eigenvalue weighted by Crippen LogP contribution is 2.36. The Labute approximate surface area is 121 Å². The van der Waals surface area contributed by atoms with Crippen LogP contribution in [0.4, 0.5) is 5.82 Å². The second-order valence-corrected chi connectivity index (χ2v) is 4.30. The van der Waals surface area contributed by atoms with Gasteiger partial charge in [0.25, 0.3) is 0 Å². The van der Waals surface area contributed by atoms with E-state index >= 15 is 0 Å². The van der Waals surface area contributed by atoms with E-state index in [0.29, 0.717) is 48.0 Å². The summed E-state index contributed by atoms with van der Waals surface area (Å²) in [5.41, 5.74) is 5.74. The van der Waals surface area contributed by atoms with Gasteiger partial charge in [-0.2, -0.15) is 4.98 Å². The van der Waals surface area contributed by atoms with Gasteiger partial charge in [0.15, 0.2) is 17.3 Å². The van der Waals surface area contributed by atoms with Crippen molar-refractivity contribution in [1.82, 2.24) is 9.97 Å². The van der Waals surface area contributed by atoms with Crippen LogP contribution in [0.1, 0.15) is 12.7 Å². The van der Waals surface area contributed by atoms with Crippen LogP contribution >= 0.6 is 0 Å². The van der Waals surface area contributed by atoms with E-state index in [2.05, 4.69) is 9.97 Å². The maximum absolute atomic E-state index is 5.74. The molecule has 0 fully saturated rings. The van der Waals surface area contributed by atoms with Crippen LogP contribution in [-0.4, -0.2) is 23.4 Å². The summed E-state index contributed by atoms with van der Waals surface area (Å²) in [6.45, 7) is 2.99. The standard InChI is InChI=1S/C14H15N3O4/c1-2-18-7-13-16-12(15)6-14(17-13)21-9-3-4-10-11(5-9)20-8-19-10/h3-6H,2,7-8H2,1H3,(H2,15,16,17). The molecular weight excluding hydrogens is 274 g/mol. The van der Waals surface area contributed by atoms with Crippen LogP contribution in [0.2, 0.25) is 0 Å². The van der Waals surface area contributed by atoms with E-state index in [4.69, 9.17) is 24.7 Å². The molecule has 0 saturated carbocycles. The molecule has 0 atom stereocenters. The third kappa shape index (κ3) is 3.14. The number of hydrogen-bond acceptors (Lipinski definition) is 7. The van der Waals surface area contributed by atoms with Gasteiger partial charge in [0, 0.05) is 18.7 Å². The zero-order valence-electron chi connectivity index (χ0n) is 11.5. The molecule has 2 heterocycles. The molecule has 1 aliphatic rings. The Morgan fingerprint density at radius 2 is 2.05 bits per heavy atom. The third-order valence-corrected chi connectivity index (χ3v) is 2.77. The Morgan fingerprint density at radius 1 is 1.19 bits per heavy atom. The Balaban J connectivity index is 1.79. The molecule has 2 N–H and O–H groups in total. The van der Waals surface area contributed by atoms with Crippen molar-refractivity contribution in [3.8, 4) is 23.1 Å². The van der Waals surface area contributed by atoms with Gasteiger partial charge >= 0.3 is 0 Å². The highest BCUT2D eigenvalue weighted by atomic mass is 16.7. The lowest BCUT2D eigenvalue weighted by molar-refractivity contribution is 0.128. The van der Waals surface area contributed by atoms with Crippen molar-refractivity contribution in [2.24, 2.45) is 0 Å². The second-order valence-electron chi connectivity index (χ2n) is 4.30. The summed E-state index contributed by atoms with van der Waals surface area (Å²) in [6, 6.07) is 6.85.